The molecule has 0 saturated heterocycles. The Hall–Kier alpha value is -2.27. The van der Waals surface area contributed by atoms with Crippen LogP contribution in [0.15, 0.2) is 34.7 Å². The largest absolute Gasteiger partial charge is 0.485 e. The maximum Gasteiger partial charge on any atom is 0.374 e. The monoisotopic (exact) mass is 289 g/mol. The molecular formula is C16H19NO4. The van der Waals surface area contributed by atoms with E-state index in [0.29, 0.717) is 5.76 Å². The minimum absolute atomic E-state index is 0.222. The number of nitrogens with one attached hydrogen (secondary N) is 1. The number of para-hydroxylation sites is 1. The Labute approximate surface area is 123 Å². The summed E-state index contributed by atoms with van der Waals surface area (Å²) in [7, 11) is 3.21. The summed E-state index contributed by atoms with van der Waals surface area (Å²) in [6, 6.07) is 9.57. The fourth-order valence-electron chi connectivity index (χ4n) is 2.04. The maximum atomic E-state index is 11.5. The number of hydrogen-bond acceptors (Lipinski definition) is 5. The summed E-state index contributed by atoms with van der Waals surface area (Å²) >= 11 is 0. The van der Waals surface area contributed by atoms with Crippen LogP contribution in [0.25, 0.3) is 0 Å². The molecule has 5 heteroatoms. The van der Waals surface area contributed by atoms with Crippen molar-refractivity contribution in [2.75, 3.05) is 14.2 Å². The molecule has 112 valence electrons. The second-order valence-electron chi connectivity index (χ2n) is 4.64. The van der Waals surface area contributed by atoms with E-state index < -0.39 is 5.97 Å². The third-order valence-electron chi connectivity index (χ3n) is 3.05. The van der Waals surface area contributed by atoms with Crippen LogP contribution < -0.4 is 10.1 Å². The second-order valence-corrected chi connectivity index (χ2v) is 4.64. The van der Waals surface area contributed by atoms with Crippen molar-refractivity contribution in [2.24, 2.45) is 0 Å². The smallest absolute Gasteiger partial charge is 0.374 e. The van der Waals surface area contributed by atoms with Crippen LogP contribution in [0.3, 0.4) is 0 Å². The van der Waals surface area contributed by atoms with Gasteiger partial charge in [-0.25, -0.2) is 4.79 Å². The van der Waals surface area contributed by atoms with E-state index in [1.807, 2.05) is 31.3 Å². The van der Waals surface area contributed by atoms with Crippen molar-refractivity contribution in [3.8, 4) is 5.75 Å². The first-order chi connectivity index (χ1) is 10.2. The Kier molecular flexibility index (Phi) is 5.00. The quantitative estimate of drug-likeness (QED) is 0.828. The van der Waals surface area contributed by atoms with E-state index in [2.05, 4.69) is 10.1 Å². The van der Waals surface area contributed by atoms with Gasteiger partial charge in [-0.05, 0) is 26.1 Å². The highest BCUT2D eigenvalue weighted by atomic mass is 16.5. The van der Waals surface area contributed by atoms with Gasteiger partial charge in [-0.2, -0.15) is 0 Å². The van der Waals surface area contributed by atoms with Gasteiger partial charge in [0.15, 0.2) is 0 Å². The number of benzene rings is 1. The molecule has 0 spiro atoms. The molecule has 0 bridgehead atoms. The lowest BCUT2D eigenvalue weighted by atomic mass is 10.2. The number of methoxy groups -OCH3 is 1. The SMILES string of the molecule is CNCc1ccccc1OCc1cc(C)c(C(=O)OC)o1. The Morgan fingerprint density at radius 3 is 2.81 bits per heavy atom. The van der Waals surface area contributed by atoms with Crippen molar-refractivity contribution in [2.45, 2.75) is 20.1 Å². The number of furan rings is 1. The highest BCUT2D eigenvalue weighted by Gasteiger charge is 2.16. The predicted octanol–water partition coefficient (Wildman–Crippen LogP) is 2.67. The molecule has 0 aliphatic carbocycles. The molecule has 2 aromatic rings. The van der Waals surface area contributed by atoms with Gasteiger partial charge < -0.3 is 19.2 Å². The molecule has 0 aliphatic rings. The van der Waals surface area contributed by atoms with Gasteiger partial charge in [0.1, 0.15) is 18.1 Å². The fourth-order valence-corrected chi connectivity index (χ4v) is 2.04. The molecule has 0 atom stereocenters. The van der Waals surface area contributed by atoms with Crippen LogP contribution in [0.5, 0.6) is 5.75 Å². The van der Waals surface area contributed by atoms with Crippen LogP contribution >= 0.6 is 0 Å². The third-order valence-corrected chi connectivity index (χ3v) is 3.05. The Bertz CT molecular complexity index is 618. The molecule has 0 aliphatic heterocycles. The van der Waals surface area contributed by atoms with Crippen molar-refractivity contribution in [1.29, 1.82) is 0 Å². The summed E-state index contributed by atoms with van der Waals surface area (Å²) in [5, 5.41) is 3.09. The number of esters is 1. The van der Waals surface area contributed by atoms with Crippen LogP contribution in [0.4, 0.5) is 0 Å². The minimum Gasteiger partial charge on any atom is -0.485 e. The molecule has 1 N–H and O–H groups in total. The van der Waals surface area contributed by atoms with E-state index in [9.17, 15) is 4.79 Å². The molecule has 2 rings (SSSR count). The maximum absolute atomic E-state index is 11.5. The average molecular weight is 289 g/mol. The first-order valence-electron chi connectivity index (χ1n) is 6.68. The van der Waals surface area contributed by atoms with Gasteiger partial charge in [0.2, 0.25) is 5.76 Å². The number of rotatable bonds is 6. The summed E-state index contributed by atoms with van der Waals surface area (Å²) in [6.07, 6.45) is 0. The van der Waals surface area contributed by atoms with E-state index in [1.54, 1.807) is 13.0 Å². The van der Waals surface area contributed by atoms with Crippen molar-refractivity contribution >= 4 is 5.97 Å². The Morgan fingerprint density at radius 1 is 1.33 bits per heavy atom. The minimum atomic E-state index is -0.477. The number of carbonyl (C=O) groups excluding carboxylic acids is 1. The van der Waals surface area contributed by atoms with Gasteiger partial charge >= 0.3 is 5.97 Å². The molecule has 21 heavy (non-hydrogen) atoms. The molecular weight excluding hydrogens is 270 g/mol. The first kappa shape index (κ1) is 15.1. The average Bonchev–Trinajstić information content (AvgIpc) is 2.87. The lowest BCUT2D eigenvalue weighted by molar-refractivity contribution is 0.0559. The summed E-state index contributed by atoms with van der Waals surface area (Å²) in [4.78, 5) is 11.5. The number of hydrogen-bond donors (Lipinski definition) is 1. The summed E-state index contributed by atoms with van der Waals surface area (Å²) in [5.74, 6) is 1.13. The van der Waals surface area contributed by atoms with E-state index in [-0.39, 0.29) is 12.4 Å². The second kappa shape index (κ2) is 6.95. The predicted molar refractivity (Wildman–Crippen MR) is 78.3 cm³/mol. The van der Waals surface area contributed by atoms with Gasteiger partial charge in [-0.1, -0.05) is 18.2 Å². The van der Waals surface area contributed by atoms with Crippen molar-refractivity contribution in [3.05, 3.63) is 53.0 Å². The molecule has 1 heterocycles. The van der Waals surface area contributed by atoms with Gasteiger partial charge in [-0.3, -0.25) is 0 Å². The van der Waals surface area contributed by atoms with Crippen molar-refractivity contribution in [3.63, 3.8) is 0 Å². The molecule has 1 aromatic carbocycles. The molecule has 1 aromatic heterocycles. The van der Waals surface area contributed by atoms with Crippen LogP contribution in [0.2, 0.25) is 0 Å². The summed E-state index contributed by atoms with van der Waals surface area (Å²) in [5.41, 5.74) is 1.81. The number of ether oxygens (including phenoxy) is 2. The molecule has 5 nitrogen and oxygen atoms in total. The molecule has 0 radical (unpaired) electrons. The Morgan fingerprint density at radius 2 is 2.10 bits per heavy atom. The zero-order valence-corrected chi connectivity index (χ0v) is 12.4. The standard InChI is InChI=1S/C16H19NO4/c1-11-8-13(21-15(11)16(18)19-3)10-20-14-7-5-4-6-12(14)9-17-2/h4-8,17H,9-10H2,1-3H3. The van der Waals surface area contributed by atoms with Gasteiger partial charge in [0, 0.05) is 17.7 Å². The Balaban J connectivity index is 2.08. The van der Waals surface area contributed by atoms with Gasteiger partial charge in [0.25, 0.3) is 0 Å². The highest BCUT2D eigenvalue weighted by Crippen LogP contribution is 2.21. The third kappa shape index (κ3) is 3.64. The first-order valence-corrected chi connectivity index (χ1v) is 6.68. The van der Waals surface area contributed by atoms with Gasteiger partial charge in [-0.15, -0.1) is 0 Å². The molecule has 0 unspecified atom stereocenters. The van der Waals surface area contributed by atoms with Gasteiger partial charge in [0.05, 0.1) is 7.11 Å². The summed E-state index contributed by atoms with van der Waals surface area (Å²) in [6.45, 7) is 2.79. The van der Waals surface area contributed by atoms with Crippen molar-refractivity contribution in [1.82, 2.24) is 5.32 Å². The van der Waals surface area contributed by atoms with E-state index in [1.165, 1.54) is 7.11 Å². The van der Waals surface area contributed by atoms with Crippen LogP contribution in [0.1, 0.15) is 27.4 Å². The number of aryl methyl sites for hydroxylation is 1. The van der Waals surface area contributed by atoms with Crippen LogP contribution in [-0.2, 0) is 17.9 Å². The molecule has 0 saturated carbocycles. The fraction of sp³-hybridized carbons (Fsp3) is 0.312. The van der Waals surface area contributed by atoms with E-state index in [4.69, 9.17) is 9.15 Å². The van der Waals surface area contributed by atoms with E-state index in [0.717, 1.165) is 23.4 Å². The van der Waals surface area contributed by atoms with Crippen molar-refractivity contribution < 1.29 is 18.7 Å². The topological polar surface area (TPSA) is 60.7 Å². The molecule has 0 amide bonds. The lowest BCUT2D eigenvalue weighted by Crippen LogP contribution is -2.07. The number of carbonyl (C=O) groups is 1. The highest BCUT2D eigenvalue weighted by molar-refractivity contribution is 5.87. The van der Waals surface area contributed by atoms with Crippen LogP contribution in [-0.4, -0.2) is 20.1 Å². The zero-order chi connectivity index (χ0) is 15.2. The van der Waals surface area contributed by atoms with Crippen LogP contribution in [0, 0.1) is 6.92 Å². The zero-order valence-electron chi connectivity index (χ0n) is 12.4. The molecule has 0 fully saturated rings. The summed E-state index contributed by atoms with van der Waals surface area (Å²) < 4.78 is 15.9. The lowest BCUT2D eigenvalue weighted by Gasteiger charge is -2.09. The van der Waals surface area contributed by atoms with E-state index >= 15 is 0 Å². The normalized spacial score (nSPS) is 10.4.